The maximum absolute atomic E-state index is 13.6. The molecule has 13 heteroatoms. The number of aliphatic hydroxyl groups is 1. The molecule has 0 bridgehead atoms. The normalized spacial score (nSPS) is 17.2. The minimum Gasteiger partial charge on any atom is -0.465 e. The van der Waals surface area contributed by atoms with Gasteiger partial charge in [0.25, 0.3) is 5.91 Å². The maximum Gasteiger partial charge on any atom is 0.461 e. The molecule has 2 amide bonds. The fourth-order valence-corrected chi connectivity index (χ4v) is 4.30. The molecule has 196 valence electrons. The molecule has 3 N–H and O–H groups in total. The Balaban J connectivity index is 1.64. The van der Waals surface area contributed by atoms with Gasteiger partial charge in [-0.15, -0.1) is 0 Å². The minimum absolute atomic E-state index is 0.0150. The molecule has 0 aliphatic carbocycles. The zero-order valence-electron chi connectivity index (χ0n) is 19.4. The summed E-state index contributed by atoms with van der Waals surface area (Å²) in [4.78, 5) is 33.6. The molecule has 1 aliphatic rings. The average molecular weight is 530 g/mol. The van der Waals surface area contributed by atoms with E-state index in [9.17, 15) is 37.4 Å². The van der Waals surface area contributed by atoms with Crippen molar-refractivity contribution in [3.05, 3.63) is 83.4 Å². The van der Waals surface area contributed by atoms with Gasteiger partial charge in [0.2, 0.25) is 5.95 Å². The summed E-state index contributed by atoms with van der Waals surface area (Å²) < 4.78 is 56.7. The lowest BCUT2D eigenvalue weighted by Crippen LogP contribution is -2.45. The number of aromatic amines is 1. The summed E-state index contributed by atoms with van der Waals surface area (Å²) in [5, 5.41) is 21.4. The van der Waals surface area contributed by atoms with Crippen molar-refractivity contribution in [2.45, 2.75) is 18.3 Å². The Hall–Kier alpha value is -4.65. The number of halogens is 4. The van der Waals surface area contributed by atoms with Crippen LogP contribution in [0, 0.1) is 0 Å². The molecule has 1 aromatic heterocycles. The number of anilines is 2. The first kappa shape index (κ1) is 25.0. The molecule has 0 fully saturated rings. The van der Waals surface area contributed by atoms with E-state index in [1.807, 2.05) is 0 Å². The van der Waals surface area contributed by atoms with Gasteiger partial charge in [0.1, 0.15) is 5.75 Å². The number of amides is 2. The first-order valence-electron chi connectivity index (χ1n) is 11.0. The fraction of sp³-hybridized carbons (Fsp3) is 0.160. The third-order valence-electron chi connectivity index (χ3n) is 6.12. The number of nitrogens with one attached hydrogen (secondary N) is 1. The van der Waals surface area contributed by atoms with Crippen LogP contribution in [0.1, 0.15) is 21.5 Å². The van der Waals surface area contributed by atoms with Crippen LogP contribution in [0.3, 0.4) is 0 Å². The number of aromatic nitrogens is 2. The fourth-order valence-electron chi connectivity index (χ4n) is 4.30. The van der Waals surface area contributed by atoms with Crippen LogP contribution in [-0.4, -0.2) is 51.8 Å². The first-order chi connectivity index (χ1) is 17.9. The van der Waals surface area contributed by atoms with E-state index in [-0.39, 0.29) is 28.3 Å². The van der Waals surface area contributed by atoms with Gasteiger partial charge in [-0.05, 0) is 30.3 Å². The lowest BCUT2D eigenvalue weighted by molar-refractivity contribution is -0.253. The van der Waals surface area contributed by atoms with Crippen LogP contribution in [0.5, 0.6) is 5.75 Å². The van der Waals surface area contributed by atoms with Crippen LogP contribution < -0.4 is 14.5 Å². The number of nitrogens with zero attached hydrogens (tertiary/aromatic N) is 3. The molecule has 0 spiro atoms. The van der Waals surface area contributed by atoms with Gasteiger partial charge in [-0.3, -0.25) is 14.6 Å². The highest BCUT2D eigenvalue weighted by atomic mass is 19.3. The van der Waals surface area contributed by atoms with E-state index in [1.165, 1.54) is 49.5 Å². The number of rotatable bonds is 6. The summed E-state index contributed by atoms with van der Waals surface area (Å²) in [6.45, 7) is 0. The van der Waals surface area contributed by atoms with Crippen molar-refractivity contribution >= 4 is 34.7 Å². The lowest BCUT2D eigenvalue weighted by Gasteiger charge is -2.35. The molecule has 0 radical (unpaired) electrons. The molecular formula is C25H18F4N4O5. The molecule has 0 saturated heterocycles. The Morgan fingerprint density at radius 2 is 1.87 bits per heavy atom. The SMILES string of the molecule is CN(C(=O)O)c1nc2ccc(C3(O)c4ccccc4C(=O)N3c3cccc(OC(F)(F)C(F)F)c3)cc2[nH]1. The summed E-state index contributed by atoms with van der Waals surface area (Å²) in [5.74, 6) is -1.32. The topological polar surface area (TPSA) is 119 Å². The third kappa shape index (κ3) is 3.87. The van der Waals surface area contributed by atoms with E-state index in [0.717, 1.165) is 21.9 Å². The number of benzene rings is 3. The maximum atomic E-state index is 13.6. The second-order valence-corrected chi connectivity index (χ2v) is 8.45. The molecular weight excluding hydrogens is 512 g/mol. The molecule has 1 aliphatic heterocycles. The number of hydrogen-bond acceptors (Lipinski definition) is 5. The van der Waals surface area contributed by atoms with Crippen LogP contribution in [0.2, 0.25) is 0 Å². The molecule has 1 unspecified atom stereocenters. The molecule has 0 saturated carbocycles. The largest absolute Gasteiger partial charge is 0.465 e. The second kappa shape index (κ2) is 8.73. The summed E-state index contributed by atoms with van der Waals surface area (Å²) in [5.41, 5.74) is -1.12. The van der Waals surface area contributed by atoms with Crippen LogP contribution >= 0.6 is 0 Å². The Labute approximate surface area is 211 Å². The van der Waals surface area contributed by atoms with Crippen LogP contribution in [0.15, 0.2) is 66.7 Å². The van der Waals surface area contributed by atoms with Crippen molar-refractivity contribution < 1.29 is 42.1 Å². The monoisotopic (exact) mass is 530 g/mol. The Bertz CT molecular complexity index is 1580. The van der Waals surface area contributed by atoms with Crippen molar-refractivity contribution in [2.75, 3.05) is 16.8 Å². The molecule has 9 nitrogen and oxygen atoms in total. The van der Waals surface area contributed by atoms with Crippen molar-refractivity contribution in [1.82, 2.24) is 9.97 Å². The number of carboxylic acid groups (broad SMARTS) is 1. The standard InChI is InChI=1S/C25H18F4N4O5/c1-32(23(35)36)22-30-18-10-9-13(11-19(18)31-22)24(37)17-8-3-2-7-16(17)20(34)33(24)14-5-4-6-15(12-14)38-25(28,29)21(26)27/h2-12,21,37H,1H3,(H,30,31)(H,35,36). The number of fused-ring (bicyclic) bond motifs is 2. The number of carbonyl (C=O) groups excluding carboxylic acids is 1. The second-order valence-electron chi connectivity index (χ2n) is 8.45. The molecule has 3 aromatic carbocycles. The van der Waals surface area contributed by atoms with Crippen LogP contribution in [0.4, 0.5) is 34.0 Å². The van der Waals surface area contributed by atoms with E-state index in [0.29, 0.717) is 11.0 Å². The van der Waals surface area contributed by atoms with Gasteiger partial charge in [-0.1, -0.05) is 30.3 Å². The quantitative estimate of drug-likeness (QED) is 0.309. The van der Waals surface area contributed by atoms with E-state index >= 15 is 0 Å². The molecule has 4 aromatic rings. The van der Waals surface area contributed by atoms with E-state index < -0.39 is 36.0 Å². The number of alkyl halides is 4. The minimum atomic E-state index is -4.78. The van der Waals surface area contributed by atoms with E-state index in [2.05, 4.69) is 14.7 Å². The molecule has 5 rings (SSSR count). The molecule has 38 heavy (non-hydrogen) atoms. The van der Waals surface area contributed by atoms with Crippen molar-refractivity contribution in [1.29, 1.82) is 0 Å². The Morgan fingerprint density at radius 1 is 1.13 bits per heavy atom. The number of hydrogen-bond donors (Lipinski definition) is 3. The molecule has 1 atom stereocenters. The lowest BCUT2D eigenvalue weighted by atomic mass is 9.93. The van der Waals surface area contributed by atoms with Crippen molar-refractivity contribution in [2.24, 2.45) is 0 Å². The van der Waals surface area contributed by atoms with Gasteiger partial charge in [-0.2, -0.15) is 17.6 Å². The van der Waals surface area contributed by atoms with Crippen LogP contribution in [0.25, 0.3) is 11.0 Å². The summed E-state index contributed by atoms with van der Waals surface area (Å²) >= 11 is 0. The van der Waals surface area contributed by atoms with Gasteiger partial charge < -0.3 is 19.9 Å². The Morgan fingerprint density at radius 3 is 2.58 bits per heavy atom. The third-order valence-corrected chi connectivity index (χ3v) is 6.12. The number of ether oxygens (including phenoxy) is 1. The summed E-state index contributed by atoms with van der Waals surface area (Å²) in [6.07, 6.45) is -10.1. The number of carbonyl (C=O) groups is 2. The number of imidazole rings is 1. The van der Waals surface area contributed by atoms with Gasteiger partial charge in [0.15, 0.2) is 5.72 Å². The zero-order chi connectivity index (χ0) is 27.4. The van der Waals surface area contributed by atoms with Gasteiger partial charge in [0, 0.05) is 29.8 Å². The van der Waals surface area contributed by atoms with Gasteiger partial charge >= 0.3 is 18.6 Å². The Kier molecular flexibility index (Phi) is 5.75. The highest BCUT2D eigenvalue weighted by molar-refractivity contribution is 6.12. The predicted octanol–water partition coefficient (Wildman–Crippen LogP) is 4.77. The van der Waals surface area contributed by atoms with Crippen LogP contribution in [-0.2, 0) is 5.72 Å². The smallest absolute Gasteiger partial charge is 0.461 e. The summed E-state index contributed by atoms with van der Waals surface area (Å²) in [6, 6.07) is 15.1. The highest BCUT2D eigenvalue weighted by Crippen LogP contribution is 2.46. The zero-order valence-corrected chi connectivity index (χ0v) is 19.4. The van der Waals surface area contributed by atoms with E-state index in [1.54, 1.807) is 12.1 Å². The number of H-pyrrole nitrogens is 1. The summed E-state index contributed by atoms with van der Waals surface area (Å²) in [7, 11) is 1.29. The predicted molar refractivity (Wildman–Crippen MR) is 127 cm³/mol. The van der Waals surface area contributed by atoms with E-state index in [4.69, 9.17) is 0 Å². The van der Waals surface area contributed by atoms with Crippen molar-refractivity contribution in [3.63, 3.8) is 0 Å². The average Bonchev–Trinajstić information content (AvgIpc) is 3.40. The first-order valence-corrected chi connectivity index (χ1v) is 11.0. The van der Waals surface area contributed by atoms with Crippen molar-refractivity contribution in [3.8, 4) is 5.75 Å². The molecule has 2 heterocycles. The van der Waals surface area contributed by atoms with Gasteiger partial charge in [-0.25, -0.2) is 9.78 Å². The highest BCUT2D eigenvalue weighted by Gasteiger charge is 2.51. The van der Waals surface area contributed by atoms with Gasteiger partial charge in [0.05, 0.1) is 16.7 Å².